The van der Waals surface area contributed by atoms with Gasteiger partial charge in [-0.2, -0.15) is 0 Å². The lowest BCUT2D eigenvalue weighted by molar-refractivity contribution is 0.0936. The second kappa shape index (κ2) is 6.24. The monoisotopic (exact) mass is 283 g/mol. The summed E-state index contributed by atoms with van der Waals surface area (Å²) in [5.41, 5.74) is 0.643. The van der Waals surface area contributed by atoms with Crippen LogP contribution in [0.25, 0.3) is 0 Å². The zero-order valence-corrected chi connectivity index (χ0v) is 12.9. The van der Waals surface area contributed by atoms with E-state index in [2.05, 4.69) is 43.3 Å². The fraction of sp³-hybridized carbons (Fsp3) is 0.571. The van der Waals surface area contributed by atoms with Gasteiger partial charge in [-0.15, -0.1) is 0 Å². The average molecular weight is 284 g/mol. The largest absolute Gasteiger partial charge is 0.372 e. The summed E-state index contributed by atoms with van der Waals surface area (Å²) < 4.78 is 0. The first-order chi connectivity index (χ1) is 8.75. The Morgan fingerprint density at radius 3 is 2.58 bits per heavy atom. The molecule has 106 valence electrons. The van der Waals surface area contributed by atoms with E-state index in [1.165, 1.54) is 6.20 Å². The molecule has 1 heterocycles. The summed E-state index contributed by atoms with van der Waals surface area (Å²) in [6.45, 7) is 9.22. The van der Waals surface area contributed by atoms with E-state index in [4.69, 9.17) is 11.6 Å². The van der Waals surface area contributed by atoms with Gasteiger partial charge >= 0.3 is 0 Å². The number of hydrogen-bond donors (Lipinski definition) is 2. The molecule has 0 aliphatic heterocycles. The third-order valence-corrected chi connectivity index (χ3v) is 3.68. The van der Waals surface area contributed by atoms with Crippen LogP contribution in [-0.2, 0) is 0 Å². The predicted octanol–water partition coefficient (Wildman–Crippen LogP) is 3.19. The van der Waals surface area contributed by atoms with Crippen LogP contribution in [0.4, 0.5) is 5.82 Å². The Morgan fingerprint density at radius 1 is 1.47 bits per heavy atom. The van der Waals surface area contributed by atoms with E-state index in [0.29, 0.717) is 28.9 Å². The smallest absolute Gasteiger partial charge is 0.252 e. The fourth-order valence-corrected chi connectivity index (χ4v) is 1.66. The van der Waals surface area contributed by atoms with Crippen molar-refractivity contribution in [2.75, 3.05) is 18.9 Å². The summed E-state index contributed by atoms with van der Waals surface area (Å²) >= 11 is 6.00. The first-order valence-electron chi connectivity index (χ1n) is 6.37. The predicted molar refractivity (Wildman–Crippen MR) is 79.7 cm³/mol. The summed E-state index contributed by atoms with van der Waals surface area (Å²) in [7, 11) is 1.74. The molecule has 0 radical (unpaired) electrons. The van der Waals surface area contributed by atoms with Gasteiger partial charge in [0.05, 0.1) is 10.6 Å². The molecule has 1 amide bonds. The molecule has 19 heavy (non-hydrogen) atoms. The molecule has 0 aromatic carbocycles. The maximum absolute atomic E-state index is 12.0. The highest BCUT2D eigenvalue weighted by Gasteiger charge is 2.20. The third kappa shape index (κ3) is 4.39. The molecule has 1 rings (SSSR count). The van der Waals surface area contributed by atoms with Crippen LogP contribution in [0.3, 0.4) is 0 Å². The van der Waals surface area contributed by atoms with Crippen molar-refractivity contribution in [2.24, 2.45) is 11.3 Å². The van der Waals surface area contributed by atoms with Gasteiger partial charge in [0.15, 0.2) is 0 Å². The molecular weight excluding hydrogens is 262 g/mol. The second-order valence-corrected chi connectivity index (χ2v) is 6.19. The molecule has 0 spiro atoms. The average Bonchev–Trinajstić information content (AvgIpc) is 2.34. The molecule has 0 aliphatic carbocycles. The topological polar surface area (TPSA) is 54.0 Å². The first kappa shape index (κ1) is 15.8. The molecule has 5 heteroatoms. The van der Waals surface area contributed by atoms with Crippen molar-refractivity contribution in [3.63, 3.8) is 0 Å². The van der Waals surface area contributed by atoms with E-state index in [1.54, 1.807) is 13.1 Å². The van der Waals surface area contributed by atoms with Crippen LogP contribution in [-0.4, -0.2) is 24.5 Å². The molecule has 0 aliphatic rings. The summed E-state index contributed by atoms with van der Waals surface area (Å²) in [5, 5.41) is 6.21. The normalized spacial score (nSPS) is 12.9. The Balaban J connectivity index is 2.67. The van der Waals surface area contributed by atoms with Gasteiger partial charge in [-0.1, -0.05) is 39.3 Å². The number of nitrogens with zero attached hydrogens (tertiary/aromatic N) is 1. The van der Waals surface area contributed by atoms with Crippen LogP contribution < -0.4 is 10.6 Å². The lowest BCUT2D eigenvalue weighted by Gasteiger charge is -2.27. The minimum absolute atomic E-state index is 0.145. The number of halogens is 1. The van der Waals surface area contributed by atoms with E-state index in [-0.39, 0.29) is 11.3 Å². The quantitative estimate of drug-likeness (QED) is 0.892. The van der Waals surface area contributed by atoms with Crippen LogP contribution >= 0.6 is 11.6 Å². The first-order valence-corrected chi connectivity index (χ1v) is 6.75. The molecule has 1 unspecified atom stereocenters. The maximum atomic E-state index is 12.0. The summed E-state index contributed by atoms with van der Waals surface area (Å²) in [6.07, 6.45) is 1.52. The van der Waals surface area contributed by atoms with E-state index in [1.807, 2.05) is 0 Å². The van der Waals surface area contributed by atoms with E-state index in [0.717, 1.165) is 0 Å². The minimum Gasteiger partial charge on any atom is -0.372 e. The van der Waals surface area contributed by atoms with Crippen molar-refractivity contribution in [3.8, 4) is 0 Å². The summed E-state index contributed by atoms with van der Waals surface area (Å²) in [6, 6.07) is 1.62. The summed E-state index contributed by atoms with van der Waals surface area (Å²) in [4.78, 5) is 16.1. The van der Waals surface area contributed by atoms with Crippen molar-refractivity contribution in [1.82, 2.24) is 10.3 Å². The lowest BCUT2D eigenvalue weighted by Crippen LogP contribution is -2.33. The number of pyridine rings is 1. The Morgan fingerprint density at radius 2 is 2.11 bits per heavy atom. The Hall–Kier alpha value is -1.29. The van der Waals surface area contributed by atoms with Gasteiger partial charge in [0, 0.05) is 19.8 Å². The molecule has 0 saturated carbocycles. The number of nitrogens with one attached hydrogen (secondary N) is 2. The summed E-state index contributed by atoms with van der Waals surface area (Å²) in [5.74, 6) is 0.811. The van der Waals surface area contributed by atoms with Crippen LogP contribution in [0.2, 0.25) is 5.02 Å². The highest BCUT2D eigenvalue weighted by atomic mass is 35.5. The van der Waals surface area contributed by atoms with Crippen LogP contribution in [0.1, 0.15) is 38.1 Å². The number of aromatic nitrogens is 1. The van der Waals surface area contributed by atoms with Gasteiger partial charge < -0.3 is 10.6 Å². The fourth-order valence-electron chi connectivity index (χ4n) is 1.40. The van der Waals surface area contributed by atoms with E-state index in [9.17, 15) is 4.79 Å². The number of carbonyl (C=O) groups is 1. The molecule has 4 nitrogen and oxygen atoms in total. The maximum Gasteiger partial charge on any atom is 0.252 e. The van der Waals surface area contributed by atoms with Gasteiger partial charge in [0.1, 0.15) is 5.82 Å². The molecule has 1 aromatic heterocycles. The number of anilines is 1. The highest BCUT2D eigenvalue weighted by Crippen LogP contribution is 2.24. The number of rotatable bonds is 4. The number of hydrogen-bond acceptors (Lipinski definition) is 3. The molecular formula is C14H22ClN3O. The Labute approximate surface area is 120 Å². The molecule has 1 aromatic rings. The van der Waals surface area contributed by atoms with Crippen LogP contribution in [0.15, 0.2) is 12.3 Å². The SMILES string of the molecule is CNc1ncc(C(=O)NCC(C)C(C)(C)C)cc1Cl. The van der Waals surface area contributed by atoms with E-state index < -0.39 is 0 Å². The molecule has 0 fully saturated rings. The van der Waals surface area contributed by atoms with Crippen molar-refractivity contribution >= 4 is 23.3 Å². The Bertz CT molecular complexity index is 454. The van der Waals surface area contributed by atoms with Gasteiger partial charge in [-0.3, -0.25) is 4.79 Å². The van der Waals surface area contributed by atoms with E-state index >= 15 is 0 Å². The van der Waals surface area contributed by atoms with Crippen LogP contribution in [0.5, 0.6) is 0 Å². The minimum atomic E-state index is -0.145. The van der Waals surface area contributed by atoms with Crippen molar-refractivity contribution in [1.29, 1.82) is 0 Å². The second-order valence-electron chi connectivity index (χ2n) is 5.78. The van der Waals surface area contributed by atoms with Gasteiger partial charge in [0.2, 0.25) is 0 Å². The van der Waals surface area contributed by atoms with Gasteiger partial charge in [0.25, 0.3) is 5.91 Å². The van der Waals surface area contributed by atoms with Gasteiger partial charge in [-0.05, 0) is 17.4 Å². The number of carbonyl (C=O) groups excluding carboxylic acids is 1. The molecule has 1 atom stereocenters. The Kier molecular flexibility index (Phi) is 5.18. The van der Waals surface area contributed by atoms with Crippen LogP contribution in [0, 0.1) is 11.3 Å². The van der Waals surface area contributed by atoms with Crippen molar-refractivity contribution in [2.45, 2.75) is 27.7 Å². The molecule has 0 bridgehead atoms. The van der Waals surface area contributed by atoms with Crippen molar-refractivity contribution in [3.05, 3.63) is 22.8 Å². The number of amides is 1. The standard InChI is InChI=1S/C14H22ClN3O/c1-9(14(2,3)4)7-18-13(19)10-6-11(15)12(16-5)17-8-10/h6,8-9H,7H2,1-5H3,(H,16,17)(H,18,19). The zero-order valence-electron chi connectivity index (χ0n) is 12.2. The lowest BCUT2D eigenvalue weighted by atomic mass is 9.82. The molecule has 2 N–H and O–H groups in total. The zero-order chi connectivity index (χ0) is 14.6. The van der Waals surface area contributed by atoms with Crippen molar-refractivity contribution < 1.29 is 4.79 Å². The van der Waals surface area contributed by atoms with Gasteiger partial charge in [-0.25, -0.2) is 4.98 Å². The highest BCUT2D eigenvalue weighted by molar-refractivity contribution is 6.33. The third-order valence-electron chi connectivity index (χ3n) is 3.39. The molecule has 0 saturated heterocycles.